The minimum atomic E-state index is -0.122. The summed E-state index contributed by atoms with van der Waals surface area (Å²) < 4.78 is 0. The van der Waals surface area contributed by atoms with Crippen LogP contribution in [0.25, 0.3) is 11.0 Å². The molecule has 0 fully saturated rings. The highest BCUT2D eigenvalue weighted by Gasteiger charge is 2.06. The molecule has 0 aromatic carbocycles. The fourth-order valence-electron chi connectivity index (χ4n) is 1.70. The molecular formula is C11H16N4OS. The van der Waals surface area contributed by atoms with Gasteiger partial charge in [-0.1, -0.05) is 0 Å². The van der Waals surface area contributed by atoms with Gasteiger partial charge in [-0.25, -0.2) is 4.98 Å². The first-order valence-electron chi connectivity index (χ1n) is 5.56. The summed E-state index contributed by atoms with van der Waals surface area (Å²) in [5.41, 5.74) is 2.22. The van der Waals surface area contributed by atoms with Gasteiger partial charge < -0.3 is 15.3 Å². The van der Waals surface area contributed by atoms with Gasteiger partial charge in [-0.3, -0.25) is 4.79 Å². The Morgan fingerprint density at radius 1 is 1.47 bits per heavy atom. The van der Waals surface area contributed by atoms with E-state index in [1.165, 1.54) is 12.1 Å². The molecule has 0 unspecified atom stereocenters. The van der Waals surface area contributed by atoms with Crippen LogP contribution < -0.4 is 10.9 Å². The first kappa shape index (κ1) is 12.2. The lowest BCUT2D eigenvalue weighted by Gasteiger charge is -2.02. The first-order chi connectivity index (χ1) is 8.33. The largest absolute Gasteiger partial charge is 0.355 e. The molecule has 3 N–H and O–H groups in total. The molecule has 92 valence electrons. The van der Waals surface area contributed by atoms with Crippen molar-refractivity contribution in [1.29, 1.82) is 0 Å². The summed E-state index contributed by atoms with van der Waals surface area (Å²) in [5.74, 6) is 1.17. The highest BCUT2D eigenvalue weighted by molar-refractivity contribution is 7.98. The molecule has 0 saturated heterocycles. The van der Waals surface area contributed by atoms with E-state index in [1.54, 1.807) is 0 Å². The van der Waals surface area contributed by atoms with Crippen LogP contribution in [-0.4, -0.2) is 33.5 Å². The number of H-pyrrole nitrogens is 2. The minimum absolute atomic E-state index is 0.122. The topological polar surface area (TPSA) is 73.6 Å². The standard InChI is InChI=1S/C11H16N4OS/c1-17-4-2-3-12-5-8-6-13-10-9(8)14-7-15-11(10)16/h6-7,12-13H,2-5H2,1H3,(H,14,15,16). The summed E-state index contributed by atoms with van der Waals surface area (Å²) in [5, 5.41) is 3.35. The molecule has 0 saturated carbocycles. The predicted octanol–water partition coefficient (Wildman–Crippen LogP) is 1.09. The summed E-state index contributed by atoms with van der Waals surface area (Å²) >= 11 is 1.85. The van der Waals surface area contributed by atoms with Crippen molar-refractivity contribution < 1.29 is 0 Å². The molecular weight excluding hydrogens is 236 g/mol. The molecule has 0 amide bonds. The minimum Gasteiger partial charge on any atom is -0.355 e. The molecule has 2 rings (SSSR count). The van der Waals surface area contributed by atoms with Gasteiger partial charge in [-0.2, -0.15) is 11.8 Å². The van der Waals surface area contributed by atoms with Crippen LogP contribution >= 0.6 is 11.8 Å². The monoisotopic (exact) mass is 252 g/mol. The number of nitrogens with zero attached hydrogens (tertiary/aromatic N) is 1. The van der Waals surface area contributed by atoms with E-state index >= 15 is 0 Å². The second kappa shape index (κ2) is 5.88. The lowest BCUT2D eigenvalue weighted by atomic mass is 10.3. The summed E-state index contributed by atoms with van der Waals surface area (Å²) in [6.45, 7) is 1.72. The smallest absolute Gasteiger partial charge is 0.275 e. The molecule has 0 spiro atoms. The number of fused-ring (bicyclic) bond motifs is 1. The van der Waals surface area contributed by atoms with Crippen LogP contribution in [0.5, 0.6) is 0 Å². The molecule has 2 aromatic rings. The van der Waals surface area contributed by atoms with E-state index in [0.717, 1.165) is 30.6 Å². The van der Waals surface area contributed by atoms with E-state index < -0.39 is 0 Å². The van der Waals surface area contributed by atoms with Crippen molar-refractivity contribution in [2.45, 2.75) is 13.0 Å². The van der Waals surface area contributed by atoms with Crippen molar-refractivity contribution in [3.63, 3.8) is 0 Å². The molecule has 6 heteroatoms. The van der Waals surface area contributed by atoms with Crippen LogP contribution in [0.15, 0.2) is 17.3 Å². The number of aromatic amines is 2. The van der Waals surface area contributed by atoms with Crippen LogP contribution in [-0.2, 0) is 6.54 Å². The third-order valence-corrected chi connectivity index (χ3v) is 3.26. The summed E-state index contributed by atoms with van der Waals surface area (Å²) in [7, 11) is 0. The van der Waals surface area contributed by atoms with Crippen molar-refractivity contribution in [1.82, 2.24) is 20.3 Å². The second-order valence-electron chi connectivity index (χ2n) is 3.79. The fourth-order valence-corrected chi connectivity index (χ4v) is 2.14. The predicted molar refractivity (Wildman–Crippen MR) is 71.4 cm³/mol. The van der Waals surface area contributed by atoms with Gasteiger partial charge in [-0.05, 0) is 25.0 Å². The van der Waals surface area contributed by atoms with Gasteiger partial charge in [-0.15, -0.1) is 0 Å². The van der Waals surface area contributed by atoms with E-state index in [0.29, 0.717) is 5.52 Å². The summed E-state index contributed by atoms with van der Waals surface area (Å²) in [6, 6.07) is 0. The Bertz CT molecular complexity index is 533. The highest BCUT2D eigenvalue weighted by Crippen LogP contribution is 2.10. The molecule has 2 aromatic heterocycles. The van der Waals surface area contributed by atoms with Crippen molar-refractivity contribution in [3.8, 4) is 0 Å². The maximum Gasteiger partial charge on any atom is 0.275 e. The first-order valence-corrected chi connectivity index (χ1v) is 6.95. The number of thioether (sulfide) groups is 1. The van der Waals surface area contributed by atoms with E-state index in [1.807, 2.05) is 18.0 Å². The van der Waals surface area contributed by atoms with Crippen molar-refractivity contribution in [2.75, 3.05) is 18.6 Å². The quantitative estimate of drug-likeness (QED) is 0.673. The average molecular weight is 252 g/mol. The van der Waals surface area contributed by atoms with Crippen LogP contribution in [0.2, 0.25) is 0 Å². The van der Waals surface area contributed by atoms with Gasteiger partial charge in [0.15, 0.2) is 0 Å². The Morgan fingerprint density at radius 3 is 3.18 bits per heavy atom. The van der Waals surface area contributed by atoms with Crippen molar-refractivity contribution in [2.24, 2.45) is 0 Å². The van der Waals surface area contributed by atoms with Crippen molar-refractivity contribution >= 4 is 22.8 Å². The van der Waals surface area contributed by atoms with Crippen LogP contribution in [0.3, 0.4) is 0 Å². The number of hydrogen-bond acceptors (Lipinski definition) is 4. The zero-order chi connectivity index (χ0) is 12.1. The molecule has 0 atom stereocenters. The Balaban J connectivity index is 2.00. The molecule has 0 radical (unpaired) electrons. The lowest BCUT2D eigenvalue weighted by molar-refractivity contribution is 0.681. The van der Waals surface area contributed by atoms with Gasteiger partial charge in [0.05, 0.1) is 11.8 Å². The molecule has 0 aliphatic carbocycles. The molecule has 0 aliphatic heterocycles. The third-order valence-electron chi connectivity index (χ3n) is 2.57. The number of aromatic nitrogens is 3. The Kier molecular flexibility index (Phi) is 4.22. The van der Waals surface area contributed by atoms with E-state index in [9.17, 15) is 4.79 Å². The number of nitrogens with one attached hydrogen (secondary N) is 3. The zero-order valence-electron chi connectivity index (χ0n) is 9.75. The molecule has 2 heterocycles. The fraction of sp³-hybridized carbons (Fsp3) is 0.455. The molecule has 0 aliphatic rings. The summed E-state index contributed by atoms with van der Waals surface area (Å²) in [4.78, 5) is 21.2. The van der Waals surface area contributed by atoms with Gasteiger partial charge in [0.2, 0.25) is 0 Å². The summed E-state index contributed by atoms with van der Waals surface area (Å²) in [6.07, 6.45) is 6.54. The number of hydrogen-bond donors (Lipinski definition) is 3. The molecule has 5 nitrogen and oxygen atoms in total. The van der Waals surface area contributed by atoms with Crippen LogP contribution in [0.1, 0.15) is 12.0 Å². The lowest BCUT2D eigenvalue weighted by Crippen LogP contribution is -2.15. The highest BCUT2D eigenvalue weighted by atomic mass is 32.2. The maximum absolute atomic E-state index is 11.5. The van der Waals surface area contributed by atoms with Crippen molar-refractivity contribution in [3.05, 3.63) is 28.4 Å². The molecule has 17 heavy (non-hydrogen) atoms. The Morgan fingerprint density at radius 2 is 2.35 bits per heavy atom. The van der Waals surface area contributed by atoms with Crippen LogP contribution in [0, 0.1) is 0 Å². The molecule has 0 bridgehead atoms. The SMILES string of the molecule is CSCCCNCc1c[nH]c2c(=O)[nH]cnc12. The van der Waals surface area contributed by atoms with Gasteiger partial charge in [0.25, 0.3) is 5.56 Å². The van der Waals surface area contributed by atoms with Gasteiger partial charge >= 0.3 is 0 Å². The van der Waals surface area contributed by atoms with E-state index in [2.05, 4.69) is 26.5 Å². The van der Waals surface area contributed by atoms with Gasteiger partial charge in [0, 0.05) is 18.3 Å². The van der Waals surface area contributed by atoms with E-state index in [4.69, 9.17) is 0 Å². The second-order valence-corrected chi connectivity index (χ2v) is 4.78. The zero-order valence-corrected chi connectivity index (χ0v) is 10.6. The van der Waals surface area contributed by atoms with Gasteiger partial charge in [0.1, 0.15) is 5.52 Å². The van der Waals surface area contributed by atoms with Crippen LogP contribution in [0.4, 0.5) is 0 Å². The normalized spacial score (nSPS) is 11.1. The van der Waals surface area contributed by atoms with E-state index in [-0.39, 0.29) is 5.56 Å². The Hall–Kier alpha value is -1.27. The average Bonchev–Trinajstić information content (AvgIpc) is 2.74. The maximum atomic E-state index is 11.5. The Labute approximate surface area is 103 Å². The third kappa shape index (κ3) is 2.89. The number of rotatable bonds is 6.